The predicted octanol–water partition coefficient (Wildman–Crippen LogP) is 2.02. The van der Waals surface area contributed by atoms with E-state index in [1.807, 2.05) is 13.8 Å². The van der Waals surface area contributed by atoms with Crippen molar-refractivity contribution in [1.29, 1.82) is 0 Å². The highest BCUT2D eigenvalue weighted by molar-refractivity contribution is 7.23. The Morgan fingerprint density at radius 3 is 2.36 bits per heavy atom. The van der Waals surface area contributed by atoms with Gasteiger partial charge < -0.3 is 5.11 Å². The maximum atomic E-state index is 10.5. The molecule has 0 fully saturated rings. The molecule has 64 valence electrons. The highest BCUT2D eigenvalue weighted by Gasteiger charge is 2.18. The van der Waals surface area contributed by atoms with E-state index in [4.69, 9.17) is 5.11 Å². The summed E-state index contributed by atoms with van der Waals surface area (Å²) in [5.74, 6) is -0.950. The molecule has 0 bridgehead atoms. The van der Waals surface area contributed by atoms with Gasteiger partial charge in [-0.2, -0.15) is 0 Å². The maximum Gasteiger partial charge on any atom is 0.307 e. The molecule has 0 aromatic carbocycles. The van der Waals surface area contributed by atoms with Crippen molar-refractivity contribution in [1.82, 2.24) is 0 Å². The first-order valence-electron chi connectivity index (χ1n) is 3.59. The molecule has 11 heavy (non-hydrogen) atoms. The Morgan fingerprint density at radius 2 is 2.09 bits per heavy atom. The van der Waals surface area contributed by atoms with E-state index in [0.29, 0.717) is 12.3 Å². The maximum absolute atomic E-state index is 10.5. The van der Waals surface area contributed by atoms with Gasteiger partial charge in [0.1, 0.15) is 0 Å². The monoisotopic (exact) mass is 176 g/mol. The molecule has 0 spiro atoms. The third-order valence-corrected chi connectivity index (χ3v) is 1.99. The van der Waals surface area contributed by atoms with Crippen LogP contribution in [0, 0.1) is 11.8 Å². The SMILES string of the molecule is CC(C)CC(CP=O)C(=O)O. The first-order chi connectivity index (χ1) is 5.07. The Morgan fingerprint density at radius 1 is 1.55 bits per heavy atom. The molecule has 0 aromatic heterocycles. The minimum absolute atomic E-state index is 0.0756. The molecule has 0 aliphatic heterocycles. The lowest BCUT2D eigenvalue weighted by atomic mass is 9.99. The fraction of sp³-hybridized carbons (Fsp3) is 0.857. The molecule has 0 aromatic rings. The van der Waals surface area contributed by atoms with Crippen molar-refractivity contribution in [2.45, 2.75) is 20.3 Å². The van der Waals surface area contributed by atoms with Crippen LogP contribution >= 0.6 is 8.46 Å². The zero-order chi connectivity index (χ0) is 8.85. The molecule has 0 saturated heterocycles. The number of carboxylic acid groups (broad SMARTS) is 1. The minimum atomic E-state index is -0.845. The number of aliphatic carboxylic acids is 1. The van der Waals surface area contributed by atoms with Crippen LogP contribution in [0.2, 0.25) is 0 Å². The topological polar surface area (TPSA) is 54.4 Å². The fourth-order valence-electron chi connectivity index (χ4n) is 0.912. The van der Waals surface area contributed by atoms with E-state index in [2.05, 4.69) is 0 Å². The lowest BCUT2D eigenvalue weighted by Gasteiger charge is -2.10. The van der Waals surface area contributed by atoms with E-state index in [1.54, 1.807) is 0 Å². The van der Waals surface area contributed by atoms with Crippen LogP contribution in [0.25, 0.3) is 0 Å². The summed E-state index contributed by atoms with van der Waals surface area (Å²) in [7, 11) is -0.0756. The second-order valence-corrected chi connectivity index (χ2v) is 3.60. The molecular weight excluding hydrogens is 163 g/mol. The smallest absolute Gasteiger partial charge is 0.307 e. The van der Waals surface area contributed by atoms with Gasteiger partial charge in [0.05, 0.1) is 5.92 Å². The summed E-state index contributed by atoms with van der Waals surface area (Å²) in [4.78, 5) is 10.5. The Hall–Kier alpha value is -0.430. The lowest BCUT2D eigenvalue weighted by Crippen LogP contribution is -2.17. The van der Waals surface area contributed by atoms with Gasteiger partial charge in [0.25, 0.3) is 0 Å². The average molecular weight is 176 g/mol. The molecule has 0 rings (SSSR count). The molecule has 3 nitrogen and oxygen atoms in total. The number of hydrogen-bond acceptors (Lipinski definition) is 2. The van der Waals surface area contributed by atoms with Gasteiger partial charge >= 0.3 is 5.97 Å². The largest absolute Gasteiger partial charge is 0.481 e. The Balaban J connectivity index is 3.88. The number of carbonyl (C=O) groups is 1. The lowest BCUT2D eigenvalue weighted by molar-refractivity contribution is -0.141. The minimum Gasteiger partial charge on any atom is -0.481 e. The number of rotatable bonds is 5. The molecule has 0 aliphatic rings. The highest BCUT2D eigenvalue weighted by atomic mass is 31.1. The number of carboxylic acids is 1. The first-order valence-corrected chi connectivity index (χ1v) is 4.59. The van der Waals surface area contributed by atoms with Crippen LogP contribution in [0.15, 0.2) is 0 Å². The molecule has 1 atom stereocenters. The van der Waals surface area contributed by atoms with Crippen LogP contribution < -0.4 is 0 Å². The molecule has 1 N–H and O–H groups in total. The van der Waals surface area contributed by atoms with Gasteiger partial charge in [-0.05, 0) is 12.3 Å². The number of hydrogen-bond donors (Lipinski definition) is 1. The van der Waals surface area contributed by atoms with E-state index >= 15 is 0 Å². The van der Waals surface area contributed by atoms with Crippen LogP contribution in [-0.2, 0) is 9.36 Å². The van der Waals surface area contributed by atoms with Gasteiger partial charge in [-0.3, -0.25) is 9.36 Å². The van der Waals surface area contributed by atoms with Crippen molar-refractivity contribution < 1.29 is 14.5 Å². The normalized spacial score (nSPS) is 13.7. The Kier molecular flexibility index (Phi) is 5.05. The van der Waals surface area contributed by atoms with Crippen molar-refractivity contribution >= 4 is 14.4 Å². The molecule has 0 aliphatic carbocycles. The highest BCUT2D eigenvalue weighted by Crippen LogP contribution is 2.15. The van der Waals surface area contributed by atoms with Crippen LogP contribution in [-0.4, -0.2) is 17.2 Å². The summed E-state index contributed by atoms with van der Waals surface area (Å²) >= 11 is 0. The van der Waals surface area contributed by atoms with Gasteiger partial charge in [-0.15, -0.1) is 0 Å². The van der Waals surface area contributed by atoms with E-state index in [0.717, 1.165) is 0 Å². The summed E-state index contributed by atoms with van der Waals surface area (Å²) < 4.78 is 10.1. The fourth-order valence-corrected chi connectivity index (χ4v) is 1.40. The summed E-state index contributed by atoms with van der Waals surface area (Å²) in [6.07, 6.45) is 0.831. The van der Waals surface area contributed by atoms with Crippen molar-refractivity contribution in [3.8, 4) is 0 Å². The Labute approximate surface area is 68.0 Å². The molecule has 0 radical (unpaired) electrons. The van der Waals surface area contributed by atoms with Crippen LogP contribution in [0.4, 0.5) is 0 Å². The van der Waals surface area contributed by atoms with Crippen LogP contribution in [0.1, 0.15) is 20.3 Å². The standard InChI is InChI=1S/C7H13O3P/c1-5(2)3-6(4-11-10)7(8)9/h5-6H,3-4H2,1-2H3,(H,8,9). The quantitative estimate of drug-likeness (QED) is 0.652. The molecule has 0 heterocycles. The zero-order valence-electron chi connectivity index (χ0n) is 6.78. The van der Waals surface area contributed by atoms with Crippen molar-refractivity contribution in [2.24, 2.45) is 11.8 Å². The van der Waals surface area contributed by atoms with Crippen molar-refractivity contribution in [3.63, 3.8) is 0 Å². The first kappa shape index (κ1) is 10.6. The van der Waals surface area contributed by atoms with E-state index < -0.39 is 11.9 Å². The molecule has 0 saturated carbocycles. The summed E-state index contributed by atoms with van der Waals surface area (Å²) in [6.45, 7) is 3.91. The van der Waals surface area contributed by atoms with Gasteiger partial charge in [0, 0.05) is 6.16 Å². The second kappa shape index (κ2) is 5.25. The van der Waals surface area contributed by atoms with E-state index in [1.165, 1.54) is 0 Å². The predicted molar refractivity (Wildman–Crippen MR) is 43.1 cm³/mol. The van der Waals surface area contributed by atoms with Gasteiger partial charge in [0.2, 0.25) is 0 Å². The third kappa shape index (κ3) is 4.91. The summed E-state index contributed by atoms with van der Waals surface area (Å²) in [5.41, 5.74) is 0. The van der Waals surface area contributed by atoms with E-state index in [-0.39, 0.29) is 14.6 Å². The average Bonchev–Trinajstić information content (AvgIpc) is 1.86. The van der Waals surface area contributed by atoms with Gasteiger partial charge in [-0.1, -0.05) is 13.8 Å². The van der Waals surface area contributed by atoms with Gasteiger partial charge in [-0.25, -0.2) is 0 Å². The summed E-state index contributed by atoms with van der Waals surface area (Å²) in [6, 6.07) is 0. The van der Waals surface area contributed by atoms with Crippen LogP contribution in [0.5, 0.6) is 0 Å². The van der Waals surface area contributed by atoms with Crippen LogP contribution in [0.3, 0.4) is 0 Å². The molecule has 0 amide bonds. The van der Waals surface area contributed by atoms with Gasteiger partial charge in [0.15, 0.2) is 8.46 Å². The Bertz CT molecular complexity index is 145. The van der Waals surface area contributed by atoms with E-state index in [9.17, 15) is 9.36 Å². The second-order valence-electron chi connectivity index (χ2n) is 2.98. The molecule has 4 heteroatoms. The molecular formula is C7H13O3P. The van der Waals surface area contributed by atoms with Crippen molar-refractivity contribution in [2.75, 3.05) is 6.16 Å². The summed E-state index contributed by atoms with van der Waals surface area (Å²) in [5, 5.41) is 8.61. The van der Waals surface area contributed by atoms with Crippen molar-refractivity contribution in [3.05, 3.63) is 0 Å². The molecule has 1 unspecified atom stereocenters. The third-order valence-electron chi connectivity index (χ3n) is 1.40. The zero-order valence-corrected chi connectivity index (χ0v) is 7.67.